The minimum absolute atomic E-state index is 0.205. The highest BCUT2D eigenvalue weighted by molar-refractivity contribution is 5.75. The summed E-state index contributed by atoms with van der Waals surface area (Å²) in [6, 6.07) is 9.58. The number of rotatable bonds is 10. The molecule has 1 rings (SSSR count). The van der Waals surface area contributed by atoms with Gasteiger partial charge in [-0.05, 0) is 25.3 Å². The molecule has 0 bridgehead atoms. The zero-order chi connectivity index (χ0) is 17.1. The summed E-state index contributed by atoms with van der Waals surface area (Å²) in [7, 11) is 0. The van der Waals surface area contributed by atoms with Crippen LogP contribution in [0.15, 0.2) is 30.3 Å². The van der Waals surface area contributed by atoms with E-state index in [0.29, 0.717) is 13.0 Å². The van der Waals surface area contributed by atoms with Gasteiger partial charge in [0, 0.05) is 0 Å². The summed E-state index contributed by atoms with van der Waals surface area (Å²) in [4.78, 5) is 24.1. The van der Waals surface area contributed by atoms with Crippen molar-refractivity contribution in [2.75, 3.05) is 6.61 Å². The lowest BCUT2D eigenvalue weighted by Crippen LogP contribution is -2.24. The molecular weight excluding hydrogens is 292 g/mol. The maximum atomic E-state index is 12.1. The number of ether oxygens (including phenoxy) is 2. The standard InChI is InChI=1S/C19H28O4/c1-4-6-12-17(19(21)22-5-2)13-15(3)18(20)23-14-16-10-8-7-9-11-16/h7-11,15,17H,4-6,12-14H2,1-3H3. The molecule has 1 aromatic carbocycles. The van der Waals surface area contributed by atoms with Crippen LogP contribution < -0.4 is 0 Å². The van der Waals surface area contributed by atoms with Crippen LogP contribution >= 0.6 is 0 Å². The molecule has 4 heteroatoms. The molecule has 4 nitrogen and oxygen atoms in total. The molecule has 0 aliphatic carbocycles. The lowest BCUT2D eigenvalue weighted by molar-refractivity contribution is -0.153. The van der Waals surface area contributed by atoms with E-state index in [-0.39, 0.29) is 30.4 Å². The Kier molecular flexibility index (Phi) is 9.03. The Morgan fingerprint density at radius 2 is 1.74 bits per heavy atom. The average molecular weight is 320 g/mol. The van der Waals surface area contributed by atoms with Crippen molar-refractivity contribution in [2.45, 2.75) is 53.1 Å². The van der Waals surface area contributed by atoms with E-state index in [1.54, 1.807) is 6.92 Å². The highest BCUT2D eigenvalue weighted by Crippen LogP contribution is 2.21. The van der Waals surface area contributed by atoms with Crippen LogP contribution in [0.2, 0.25) is 0 Å². The molecule has 0 saturated heterocycles. The molecule has 1 aromatic rings. The van der Waals surface area contributed by atoms with Gasteiger partial charge in [0.1, 0.15) is 6.61 Å². The number of benzene rings is 1. The van der Waals surface area contributed by atoms with Gasteiger partial charge in [0.15, 0.2) is 0 Å². The molecule has 0 fully saturated rings. The maximum Gasteiger partial charge on any atom is 0.309 e. The Bertz CT molecular complexity index is 470. The van der Waals surface area contributed by atoms with Crippen LogP contribution in [-0.4, -0.2) is 18.5 Å². The van der Waals surface area contributed by atoms with Crippen molar-refractivity contribution in [3.8, 4) is 0 Å². The first-order valence-corrected chi connectivity index (χ1v) is 8.45. The highest BCUT2D eigenvalue weighted by Gasteiger charge is 2.26. The number of esters is 2. The maximum absolute atomic E-state index is 12.1. The van der Waals surface area contributed by atoms with Crippen molar-refractivity contribution in [2.24, 2.45) is 11.8 Å². The second kappa shape index (κ2) is 10.8. The summed E-state index contributed by atoms with van der Waals surface area (Å²) in [5.41, 5.74) is 0.959. The fourth-order valence-corrected chi connectivity index (χ4v) is 2.44. The third-order valence-electron chi connectivity index (χ3n) is 3.79. The number of hydrogen-bond donors (Lipinski definition) is 0. The van der Waals surface area contributed by atoms with Crippen molar-refractivity contribution >= 4 is 11.9 Å². The smallest absolute Gasteiger partial charge is 0.309 e. The summed E-state index contributed by atoms with van der Waals surface area (Å²) in [5, 5.41) is 0. The normalized spacial score (nSPS) is 13.2. The van der Waals surface area contributed by atoms with Gasteiger partial charge in [-0.1, -0.05) is 57.0 Å². The number of carbonyl (C=O) groups excluding carboxylic acids is 2. The summed E-state index contributed by atoms with van der Waals surface area (Å²) >= 11 is 0. The predicted octanol–water partition coefficient (Wildman–Crippen LogP) is 4.13. The van der Waals surface area contributed by atoms with Crippen molar-refractivity contribution in [1.29, 1.82) is 0 Å². The van der Waals surface area contributed by atoms with Crippen LogP contribution in [0, 0.1) is 11.8 Å². The van der Waals surface area contributed by atoms with E-state index in [0.717, 1.165) is 24.8 Å². The lowest BCUT2D eigenvalue weighted by atomic mass is 9.91. The zero-order valence-corrected chi connectivity index (χ0v) is 14.4. The summed E-state index contributed by atoms with van der Waals surface area (Å²) in [6.07, 6.45) is 3.20. The Labute approximate surface area is 139 Å². The molecular formula is C19H28O4. The molecule has 0 amide bonds. The first kappa shape index (κ1) is 19.2. The Hall–Kier alpha value is -1.84. The van der Waals surface area contributed by atoms with Crippen LogP contribution in [-0.2, 0) is 25.7 Å². The summed E-state index contributed by atoms with van der Waals surface area (Å²) in [5.74, 6) is -1.01. The largest absolute Gasteiger partial charge is 0.466 e. The first-order chi connectivity index (χ1) is 11.1. The van der Waals surface area contributed by atoms with Gasteiger partial charge in [-0.3, -0.25) is 9.59 Å². The molecule has 0 radical (unpaired) electrons. The number of unbranched alkanes of at least 4 members (excludes halogenated alkanes) is 1. The quantitative estimate of drug-likeness (QED) is 0.608. The molecule has 0 saturated carbocycles. The SMILES string of the molecule is CCCCC(CC(C)C(=O)OCc1ccccc1)C(=O)OCC. The van der Waals surface area contributed by atoms with E-state index in [1.165, 1.54) is 0 Å². The minimum Gasteiger partial charge on any atom is -0.466 e. The first-order valence-electron chi connectivity index (χ1n) is 8.45. The van der Waals surface area contributed by atoms with E-state index >= 15 is 0 Å². The Morgan fingerprint density at radius 3 is 2.35 bits per heavy atom. The molecule has 0 N–H and O–H groups in total. The van der Waals surface area contributed by atoms with E-state index in [9.17, 15) is 9.59 Å². The van der Waals surface area contributed by atoms with E-state index in [4.69, 9.17) is 9.47 Å². The van der Waals surface area contributed by atoms with E-state index in [1.807, 2.05) is 37.3 Å². The van der Waals surface area contributed by atoms with Gasteiger partial charge in [-0.25, -0.2) is 0 Å². The topological polar surface area (TPSA) is 52.6 Å². The van der Waals surface area contributed by atoms with Crippen LogP contribution in [0.3, 0.4) is 0 Å². The van der Waals surface area contributed by atoms with Crippen molar-refractivity contribution < 1.29 is 19.1 Å². The molecule has 2 atom stereocenters. The molecule has 23 heavy (non-hydrogen) atoms. The minimum atomic E-state index is -0.315. The number of carbonyl (C=O) groups is 2. The van der Waals surface area contributed by atoms with Gasteiger partial charge in [0.25, 0.3) is 0 Å². The van der Waals surface area contributed by atoms with Crippen LogP contribution in [0.25, 0.3) is 0 Å². The van der Waals surface area contributed by atoms with E-state index in [2.05, 4.69) is 6.92 Å². The number of hydrogen-bond acceptors (Lipinski definition) is 4. The molecule has 2 unspecified atom stereocenters. The van der Waals surface area contributed by atoms with Gasteiger partial charge in [0.2, 0.25) is 0 Å². The van der Waals surface area contributed by atoms with Gasteiger partial charge in [-0.15, -0.1) is 0 Å². The monoisotopic (exact) mass is 320 g/mol. The van der Waals surface area contributed by atoms with Crippen molar-refractivity contribution in [3.05, 3.63) is 35.9 Å². The highest BCUT2D eigenvalue weighted by atomic mass is 16.5. The fraction of sp³-hybridized carbons (Fsp3) is 0.579. The Morgan fingerprint density at radius 1 is 1.04 bits per heavy atom. The zero-order valence-electron chi connectivity index (χ0n) is 14.4. The molecule has 0 aromatic heterocycles. The van der Waals surface area contributed by atoms with Crippen molar-refractivity contribution in [1.82, 2.24) is 0 Å². The second-order valence-electron chi connectivity index (χ2n) is 5.82. The van der Waals surface area contributed by atoms with Crippen LogP contribution in [0.5, 0.6) is 0 Å². The predicted molar refractivity (Wildman–Crippen MR) is 89.7 cm³/mol. The van der Waals surface area contributed by atoms with E-state index < -0.39 is 0 Å². The van der Waals surface area contributed by atoms with Crippen LogP contribution in [0.1, 0.15) is 52.0 Å². The van der Waals surface area contributed by atoms with Gasteiger partial charge >= 0.3 is 11.9 Å². The third kappa shape index (κ3) is 7.31. The van der Waals surface area contributed by atoms with Crippen molar-refractivity contribution in [3.63, 3.8) is 0 Å². The summed E-state index contributed by atoms with van der Waals surface area (Å²) < 4.78 is 10.5. The lowest BCUT2D eigenvalue weighted by Gasteiger charge is -2.19. The van der Waals surface area contributed by atoms with Crippen LogP contribution in [0.4, 0.5) is 0 Å². The molecule has 0 heterocycles. The second-order valence-corrected chi connectivity index (χ2v) is 5.82. The average Bonchev–Trinajstić information content (AvgIpc) is 2.57. The van der Waals surface area contributed by atoms with Gasteiger partial charge < -0.3 is 9.47 Å². The Balaban J connectivity index is 2.50. The molecule has 0 aliphatic heterocycles. The fourth-order valence-electron chi connectivity index (χ4n) is 2.44. The summed E-state index contributed by atoms with van der Waals surface area (Å²) in [6.45, 7) is 6.33. The molecule has 128 valence electrons. The van der Waals surface area contributed by atoms with Gasteiger partial charge in [0.05, 0.1) is 18.4 Å². The van der Waals surface area contributed by atoms with Gasteiger partial charge in [-0.2, -0.15) is 0 Å². The third-order valence-corrected chi connectivity index (χ3v) is 3.79. The molecule has 0 aliphatic rings. The molecule has 0 spiro atoms.